The SMILES string of the molecule is COc1ccc(CC(=O)N2CCC(C(=O)N(C)Cc3ccccc3)CC2)cc1. The predicted octanol–water partition coefficient (Wildman–Crippen LogP) is 3.13. The van der Waals surface area contributed by atoms with Gasteiger partial charge in [0.15, 0.2) is 0 Å². The number of carbonyl (C=O) groups excluding carboxylic acids is 2. The number of methoxy groups -OCH3 is 1. The Labute approximate surface area is 166 Å². The van der Waals surface area contributed by atoms with Crippen LogP contribution in [-0.4, -0.2) is 48.9 Å². The summed E-state index contributed by atoms with van der Waals surface area (Å²) >= 11 is 0. The first-order chi connectivity index (χ1) is 13.6. The molecule has 0 radical (unpaired) electrons. The number of ether oxygens (including phenoxy) is 1. The zero-order valence-electron chi connectivity index (χ0n) is 16.6. The van der Waals surface area contributed by atoms with Crippen molar-refractivity contribution in [2.75, 3.05) is 27.2 Å². The van der Waals surface area contributed by atoms with Crippen molar-refractivity contribution < 1.29 is 14.3 Å². The maximum Gasteiger partial charge on any atom is 0.226 e. The van der Waals surface area contributed by atoms with Crippen LogP contribution in [0.15, 0.2) is 54.6 Å². The second kappa shape index (κ2) is 9.40. The lowest BCUT2D eigenvalue weighted by molar-refractivity contribution is -0.140. The summed E-state index contributed by atoms with van der Waals surface area (Å²) in [6.07, 6.45) is 1.84. The lowest BCUT2D eigenvalue weighted by Crippen LogP contribution is -2.43. The average molecular weight is 380 g/mol. The summed E-state index contributed by atoms with van der Waals surface area (Å²) in [4.78, 5) is 29.0. The molecule has 1 aliphatic heterocycles. The smallest absolute Gasteiger partial charge is 0.226 e. The van der Waals surface area contributed by atoms with Gasteiger partial charge < -0.3 is 14.5 Å². The number of likely N-dealkylation sites (tertiary alicyclic amines) is 1. The summed E-state index contributed by atoms with van der Waals surface area (Å²) in [5, 5.41) is 0. The van der Waals surface area contributed by atoms with Crippen LogP contribution in [0.2, 0.25) is 0 Å². The van der Waals surface area contributed by atoms with E-state index < -0.39 is 0 Å². The number of nitrogens with zero attached hydrogens (tertiary/aromatic N) is 2. The van der Waals surface area contributed by atoms with Gasteiger partial charge in [0.2, 0.25) is 11.8 Å². The number of benzene rings is 2. The number of amides is 2. The number of hydrogen-bond acceptors (Lipinski definition) is 3. The van der Waals surface area contributed by atoms with Gasteiger partial charge in [-0.25, -0.2) is 0 Å². The van der Waals surface area contributed by atoms with Crippen LogP contribution in [0.1, 0.15) is 24.0 Å². The minimum atomic E-state index is -0.00116. The molecule has 0 aromatic heterocycles. The van der Waals surface area contributed by atoms with Gasteiger partial charge in [0.05, 0.1) is 13.5 Å². The third kappa shape index (κ3) is 5.12. The molecule has 0 aliphatic carbocycles. The van der Waals surface area contributed by atoms with Crippen molar-refractivity contribution in [2.24, 2.45) is 5.92 Å². The summed E-state index contributed by atoms with van der Waals surface area (Å²) < 4.78 is 5.15. The summed E-state index contributed by atoms with van der Waals surface area (Å²) in [7, 11) is 3.49. The van der Waals surface area contributed by atoms with Crippen molar-refractivity contribution in [3.05, 3.63) is 65.7 Å². The second-order valence-corrected chi connectivity index (χ2v) is 7.36. The monoisotopic (exact) mass is 380 g/mol. The molecule has 2 aromatic rings. The standard InChI is InChI=1S/C23H28N2O3/c1-24(17-19-6-4-3-5-7-19)23(27)20-12-14-25(15-13-20)22(26)16-18-8-10-21(28-2)11-9-18/h3-11,20H,12-17H2,1-2H3. The molecule has 1 heterocycles. The molecule has 1 aliphatic rings. The molecule has 148 valence electrons. The van der Waals surface area contributed by atoms with Gasteiger partial charge in [-0.2, -0.15) is 0 Å². The first-order valence-corrected chi connectivity index (χ1v) is 9.76. The summed E-state index contributed by atoms with van der Waals surface area (Å²) in [5.74, 6) is 1.08. The number of piperidine rings is 1. The van der Waals surface area contributed by atoms with Crippen LogP contribution < -0.4 is 4.74 Å². The molecule has 5 heteroatoms. The summed E-state index contributed by atoms with van der Waals surface area (Å²) in [6.45, 7) is 1.91. The van der Waals surface area contributed by atoms with Gasteiger partial charge in [-0.15, -0.1) is 0 Å². The van der Waals surface area contributed by atoms with Crippen LogP contribution >= 0.6 is 0 Å². The van der Waals surface area contributed by atoms with Crippen LogP contribution in [0.4, 0.5) is 0 Å². The molecule has 2 amide bonds. The van der Waals surface area contributed by atoms with Gasteiger partial charge in [-0.1, -0.05) is 42.5 Å². The average Bonchev–Trinajstić information content (AvgIpc) is 2.74. The summed E-state index contributed by atoms with van der Waals surface area (Å²) in [6, 6.07) is 17.6. The number of hydrogen-bond donors (Lipinski definition) is 0. The largest absolute Gasteiger partial charge is 0.497 e. The number of rotatable bonds is 6. The molecule has 0 N–H and O–H groups in total. The Kier molecular flexibility index (Phi) is 6.69. The molecular weight excluding hydrogens is 352 g/mol. The van der Waals surface area contributed by atoms with Crippen molar-refractivity contribution in [1.29, 1.82) is 0 Å². The van der Waals surface area contributed by atoms with E-state index in [2.05, 4.69) is 0 Å². The second-order valence-electron chi connectivity index (χ2n) is 7.36. The third-order valence-electron chi connectivity index (χ3n) is 5.35. The topological polar surface area (TPSA) is 49.9 Å². The Bertz CT molecular complexity index is 781. The fourth-order valence-corrected chi connectivity index (χ4v) is 3.65. The Hall–Kier alpha value is -2.82. The molecule has 3 rings (SSSR count). The van der Waals surface area contributed by atoms with E-state index in [-0.39, 0.29) is 17.7 Å². The molecule has 2 aromatic carbocycles. The maximum absolute atomic E-state index is 12.7. The van der Waals surface area contributed by atoms with Gasteiger partial charge in [0.25, 0.3) is 0 Å². The van der Waals surface area contributed by atoms with Gasteiger partial charge in [0.1, 0.15) is 5.75 Å². The first kappa shape index (κ1) is 19.9. The predicted molar refractivity (Wildman–Crippen MR) is 109 cm³/mol. The fraction of sp³-hybridized carbons (Fsp3) is 0.391. The molecule has 0 spiro atoms. The molecular formula is C23H28N2O3. The lowest BCUT2D eigenvalue weighted by atomic mass is 9.94. The molecule has 5 nitrogen and oxygen atoms in total. The first-order valence-electron chi connectivity index (χ1n) is 9.76. The van der Waals surface area contributed by atoms with Crippen molar-refractivity contribution in [3.63, 3.8) is 0 Å². The minimum Gasteiger partial charge on any atom is -0.497 e. The zero-order chi connectivity index (χ0) is 19.9. The normalized spacial score (nSPS) is 14.6. The number of carbonyl (C=O) groups is 2. The highest BCUT2D eigenvalue weighted by Crippen LogP contribution is 2.21. The van der Waals surface area contributed by atoms with Crippen molar-refractivity contribution >= 4 is 11.8 Å². The van der Waals surface area contributed by atoms with Crippen LogP contribution in [-0.2, 0) is 22.6 Å². The van der Waals surface area contributed by atoms with E-state index in [9.17, 15) is 9.59 Å². The Balaban J connectivity index is 1.47. The fourth-order valence-electron chi connectivity index (χ4n) is 3.65. The molecule has 0 bridgehead atoms. The Morgan fingerprint density at radius 1 is 1.00 bits per heavy atom. The lowest BCUT2D eigenvalue weighted by Gasteiger charge is -2.33. The van der Waals surface area contributed by atoms with E-state index in [1.54, 1.807) is 12.0 Å². The molecule has 0 saturated carbocycles. The molecule has 0 atom stereocenters. The van der Waals surface area contributed by atoms with E-state index in [1.165, 1.54) is 0 Å². The van der Waals surface area contributed by atoms with Crippen molar-refractivity contribution in [3.8, 4) is 5.75 Å². The summed E-state index contributed by atoms with van der Waals surface area (Å²) in [5.41, 5.74) is 2.11. The molecule has 1 saturated heterocycles. The van der Waals surface area contributed by atoms with Gasteiger partial charge in [-0.05, 0) is 36.1 Å². The zero-order valence-corrected chi connectivity index (χ0v) is 16.6. The van der Waals surface area contributed by atoms with Gasteiger partial charge in [0, 0.05) is 32.6 Å². The maximum atomic E-state index is 12.7. The highest BCUT2D eigenvalue weighted by molar-refractivity contribution is 5.81. The van der Waals surface area contributed by atoms with Crippen LogP contribution in [0.3, 0.4) is 0 Å². The third-order valence-corrected chi connectivity index (χ3v) is 5.35. The Morgan fingerprint density at radius 2 is 1.64 bits per heavy atom. The van der Waals surface area contributed by atoms with E-state index >= 15 is 0 Å². The van der Waals surface area contributed by atoms with Crippen molar-refractivity contribution in [1.82, 2.24) is 9.80 Å². The molecule has 1 fully saturated rings. The Morgan fingerprint density at radius 3 is 2.25 bits per heavy atom. The highest BCUT2D eigenvalue weighted by Gasteiger charge is 2.29. The van der Waals surface area contributed by atoms with E-state index in [0.29, 0.717) is 26.1 Å². The van der Waals surface area contributed by atoms with Crippen LogP contribution in [0.5, 0.6) is 5.75 Å². The van der Waals surface area contributed by atoms with Gasteiger partial charge >= 0.3 is 0 Å². The highest BCUT2D eigenvalue weighted by atomic mass is 16.5. The van der Waals surface area contributed by atoms with Crippen LogP contribution in [0, 0.1) is 5.92 Å². The van der Waals surface area contributed by atoms with Gasteiger partial charge in [-0.3, -0.25) is 9.59 Å². The van der Waals surface area contributed by atoms with E-state index in [4.69, 9.17) is 4.74 Å². The molecule has 28 heavy (non-hydrogen) atoms. The van der Waals surface area contributed by atoms with E-state index in [0.717, 1.165) is 29.7 Å². The minimum absolute atomic E-state index is 0.00116. The quantitative estimate of drug-likeness (QED) is 0.774. The molecule has 0 unspecified atom stereocenters. The van der Waals surface area contributed by atoms with Crippen LogP contribution in [0.25, 0.3) is 0 Å². The van der Waals surface area contributed by atoms with Crippen molar-refractivity contribution in [2.45, 2.75) is 25.8 Å². The van der Waals surface area contributed by atoms with E-state index in [1.807, 2.05) is 66.5 Å².